The number of hydrogen-bond donors (Lipinski definition) is 1. The SMILES string of the molecule is COc1cccc2c1CCCC2.Oc1cccc2c1CCCC2. The molecular formula is C21H26O2. The smallest absolute Gasteiger partial charge is 0.122 e. The quantitative estimate of drug-likeness (QED) is 0.816. The lowest BCUT2D eigenvalue weighted by molar-refractivity contribution is 0.406. The van der Waals surface area contributed by atoms with Crippen LogP contribution in [0.5, 0.6) is 11.5 Å². The van der Waals surface area contributed by atoms with Crippen LogP contribution in [-0.2, 0) is 25.7 Å². The lowest BCUT2D eigenvalue weighted by atomic mass is 9.91. The molecule has 0 saturated carbocycles. The van der Waals surface area contributed by atoms with Crippen molar-refractivity contribution in [3.05, 3.63) is 58.7 Å². The maximum absolute atomic E-state index is 9.46. The first-order valence-electron chi connectivity index (χ1n) is 8.74. The van der Waals surface area contributed by atoms with E-state index in [-0.39, 0.29) is 0 Å². The van der Waals surface area contributed by atoms with Gasteiger partial charge in [0, 0.05) is 0 Å². The van der Waals surface area contributed by atoms with Crippen molar-refractivity contribution in [2.75, 3.05) is 7.11 Å². The number of aromatic hydroxyl groups is 1. The second kappa shape index (κ2) is 7.54. The molecule has 2 aromatic rings. The summed E-state index contributed by atoms with van der Waals surface area (Å²) in [7, 11) is 1.75. The van der Waals surface area contributed by atoms with Crippen LogP contribution in [0.2, 0.25) is 0 Å². The number of ether oxygens (including phenoxy) is 1. The number of hydrogen-bond acceptors (Lipinski definition) is 2. The Labute approximate surface area is 139 Å². The fraction of sp³-hybridized carbons (Fsp3) is 0.429. The first-order valence-corrected chi connectivity index (χ1v) is 8.74. The van der Waals surface area contributed by atoms with Gasteiger partial charge in [-0.3, -0.25) is 0 Å². The van der Waals surface area contributed by atoms with Gasteiger partial charge in [0.1, 0.15) is 11.5 Å². The Morgan fingerprint density at radius 1 is 0.739 bits per heavy atom. The van der Waals surface area contributed by atoms with Gasteiger partial charge in [-0.15, -0.1) is 0 Å². The van der Waals surface area contributed by atoms with Crippen LogP contribution in [-0.4, -0.2) is 12.2 Å². The van der Waals surface area contributed by atoms with Crippen LogP contribution in [0, 0.1) is 0 Å². The third kappa shape index (κ3) is 3.69. The monoisotopic (exact) mass is 310 g/mol. The predicted octanol–water partition coefficient (Wildman–Crippen LogP) is 4.85. The highest BCUT2D eigenvalue weighted by Crippen LogP contribution is 2.29. The Hall–Kier alpha value is -1.96. The topological polar surface area (TPSA) is 29.5 Å². The van der Waals surface area contributed by atoms with Gasteiger partial charge in [-0.1, -0.05) is 24.3 Å². The van der Waals surface area contributed by atoms with Gasteiger partial charge in [-0.05, 0) is 85.8 Å². The maximum atomic E-state index is 9.46. The zero-order valence-corrected chi connectivity index (χ0v) is 14.0. The molecule has 122 valence electrons. The van der Waals surface area contributed by atoms with E-state index in [4.69, 9.17) is 4.74 Å². The summed E-state index contributed by atoms with van der Waals surface area (Å²) in [6, 6.07) is 12.2. The zero-order chi connectivity index (χ0) is 16.1. The molecule has 0 radical (unpaired) electrons. The molecule has 23 heavy (non-hydrogen) atoms. The van der Waals surface area contributed by atoms with E-state index in [0.29, 0.717) is 5.75 Å². The molecule has 2 aliphatic rings. The Bertz CT molecular complexity index is 647. The predicted molar refractivity (Wildman–Crippen MR) is 94.4 cm³/mol. The lowest BCUT2D eigenvalue weighted by Crippen LogP contribution is -2.04. The molecule has 0 unspecified atom stereocenters. The third-order valence-electron chi connectivity index (χ3n) is 4.94. The van der Waals surface area contributed by atoms with Crippen molar-refractivity contribution in [2.24, 2.45) is 0 Å². The molecule has 0 bridgehead atoms. The van der Waals surface area contributed by atoms with Crippen LogP contribution in [0.1, 0.15) is 47.9 Å². The Morgan fingerprint density at radius 2 is 1.30 bits per heavy atom. The van der Waals surface area contributed by atoms with Gasteiger partial charge in [-0.2, -0.15) is 0 Å². The number of benzene rings is 2. The molecule has 0 atom stereocenters. The van der Waals surface area contributed by atoms with Crippen molar-refractivity contribution >= 4 is 0 Å². The van der Waals surface area contributed by atoms with Crippen LogP contribution in [0.3, 0.4) is 0 Å². The third-order valence-corrected chi connectivity index (χ3v) is 4.94. The standard InChI is InChI=1S/C11H14O.C10H12O/c1-12-11-8-4-6-9-5-2-3-7-10(9)11;11-10-7-3-5-8-4-1-2-6-9(8)10/h4,6,8H,2-3,5,7H2,1H3;3,5,7,11H,1-2,4,6H2. The summed E-state index contributed by atoms with van der Waals surface area (Å²) in [6.45, 7) is 0. The lowest BCUT2D eigenvalue weighted by Gasteiger charge is -2.17. The molecule has 0 aromatic heterocycles. The number of fused-ring (bicyclic) bond motifs is 2. The average molecular weight is 310 g/mol. The van der Waals surface area contributed by atoms with Crippen molar-refractivity contribution in [2.45, 2.75) is 51.4 Å². The summed E-state index contributed by atoms with van der Waals surface area (Å²) in [5.74, 6) is 1.56. The summed E-state index contributed by atoms with van der Waals surface area (Å²) < 4.78 is 5.31. The summed E-state index contributed by atoms with van der Waals surface area (Å²) in [5.41, 5.74) is 5.45. The van der Waals surface area contributed by atoms with E-state index in [1.807, 2.05) is 6.07 Å². The maximum Gasteiger partial charge on any atom is 0.122 e. The van der Waals surface area contributed by atoms with E-state index >= 15 is 0 Å². The van der Waals surface area contributed by atoms with Crippen LogP contribution >= 0.6 is 0 Å². The van der Waals surface area contributed by atoms with Crippen molar-refractivity contribution < 1.29 is 9.84 Å². The Balaban J connectivity index is 0.000000136. The molecule has 2 aromatic carbocycles. The van der Waals surface area contributed by atoms with Gasteiger partial charge >= 0.3 is 0 Å². The second-order valence-electron chi connectivity index (χ2n) is 6.43. The normalized spacial score (nSPS) is 15.7. The van der Waals surface area contributed by atoms with Crippen molar-refractivity contribution in [3.8, 4) is 11.5 Å². The molecule has 0 saturated heterocycles. The summed E-state index contributed by atoms with van der Waals surface area (Å²) in [6.07, 6.45) is 9.77. The van der Waals surface area contributed by atoms with Crippen molar-refractivity contribution in [1.29, 1.82) is 0 Å². The summed E-state index contributed by atoms with van der Waals surface area (Å²) in [4.78, 5) is 0. The van der Waals surface area contributed by atoms with Gasteiger partial charge < -0.3 is 9.84 Å². The van der Waals surface area contributed by atoms with Crippen LogP contribution in [0.25, 0.3) is 0 Å². The molecular weight excluding hydrogens is 284 g/mol. The first kappa shape index (κ1) is 15.9. The minimum Gasteiger partial charge on any atom is -0.508 e. The van der Waals surface area contributed by atoms with Gasteiger partial charge in [-0.25, -0.2) is 0 Å². The Morgan fingerprint density at radius 3 is 1.96 bits per heavy atom. The van der Waals surface area contributed by atoms with Crippen molar-refractivity contribution in [3.63, 3.8) is 0 Å². The van der Waals surface area contributed by atoms with Crippen LogP contribution in [0.15, 0.2) is 36.4 Å². The highest BCUT2D eigenvalue weighted by Gasteiger charge is 2.12. The minimum atomic E-state index is 0.488. The van der Waals surface area contributed by atoms with Crippen molar-refractivity contribution in [1.82, 2.24) is 0 Å². The number of aryl methyl sites for hydroxylation is 2. The molecule has 0 spiro atoms. The number of phenols is 1. The van der Waals surface area contributed by atoms with Gasteiger partial charge in [0.15, 0.2) is 0 Å². The number of rotatable bonds is 1. The second-order valence-corrected chi connectivity index (χ2v) is 6.43. The summed E-state index contributed by atoms with van der Waals surface area (Å²) in [5, 5.41) is 9.46. The fourth-order valence-corrected chi connectivity index (χ4v) is 3.70. The summed E-state index contributed by atoms with van der Waals surface area (Å²) >= 11 is 0. The van der Waals surface area contributed by atoms with Gasteiger partial charge in [0.25, 0.3) is 0 Å². The van der Waals surface area contributed by atoms with E-state index in [1.54, 1.807) is 13.2 Å². The molecule has 0 amide bonds. The van der Waals surface area contributed by atoms with E-state index < -0.39 is 0 Å². The zero-order valence-electron chi connectivity index (χ0n) is 14.0. The van der Waals surface area contributed by atoms with E-state index in [9.17, 15) is 5.11 Å². The molecule has 4 rings (SSSR count). The fourth-order valence-electron chi connectivity index (χ4n) is 3.70. The minimum absolute atomic E-state index is 0.488. The highest BCUT2D eigenvalue weighted by atomic mass is 16.5. The molecule has 2 heteroatoms. The highest BCUT2D eigenvalue weighted by molar-refractivity contribution is 5.42. The molecule has 2 nitrogen and oxygen atoms in total. The molecule has 2 aliphatic carbocycles. The first-order chi connectivity index (χ1) is 11.3. The average Bonchev–Trinajstić information content (AvgIpc) is 2.62. The molecule has 0 aliphatic heterocycles. The number of methoxy groups -OCH3 is 1. The van der Waals surface area contributed by atoms with E-state index in [0.717, 1.165) is 18.6 Å². The van der Waals surface area contributed by atoms with Gasteiger partial charge in [0.05, 0.1) is 7.11 Å². The van der Waals surface area contributed by atoms with Gasteiger partial charge in [0.2, 0.25) is 0 Å². The van der Waals surface area contributed by atoms with E-state index in [2.05, 4.69) is 24.3 Å². The molecule has 1 N–H and O–H groups in total. The molecule has 0 fully saturated rings. The largest absolute Gasteiger partial charge is 0.508 e. The van der Waals surface area contributed by atoms with Crippen LogP contribution in [0.4, 0.5) is 0 Å². The molecule has 0 heterocycles. The van der Waals surface area contributed by atoms with Crippen LogP contribution < -0.4 is 4.74 Å². The Kier molecular flexibility index (Phi) is 5.22. The van der Waals surface area contributed by atoms with E-state index in [1.165, 1.54) is 60.8 Å². The number of phenolic OH excluding ortho intramolecular Hbond substituents is 1.